The molecule has 182 valence electrons. The third-order valence-electron chi connectivity index (χ3n) is 4.75. The zero-order valence-electron chi connectivity index (χ0n) is 19.3. The first-order chi connectivity index (χ1) is 16.4. The van der Waals surface area contributed by atoms with Crippen LogP contribution in [0.25, 0.3) is 0 Å². The van der Waals surface area contributed by atoms with E-state index in [1.165, 1.54) is 19.2 Å². The van der Waals surface area contributed by atoms with E-state index in [2.05, 4.69) is 15.5 Å². The first-order valence-corrected chi connectivity index (χ1v) is 11.2. The molecule has 0 bridgehead atoms. The number of aromatic carboxylic acids is 1. The number of benzene rings is 3. The average molecular weight is 522 g/mol. The van der Waals surface area contributed by atoms with Crippen LogP contribution >= 0.6 is 0 Å². The third kappa shape index (κ3) is 6.59. The molecule has 0 saturated heterocycles. The van der Waals surface area contributed by atoms with Gasteiger partial charge in [0.1, 0.15) is 16.4 Å². The fourth-order valence-corrected chi connectivity index (χ4v) is 3.66. The maximum absolute atomic E-state index is 12.6. The van der Waals surface area contributed by atoms with Gasteiger partial charge in [-0.05, 0) is 48.9 Å². The van der Waals surface area contributed by atoms with Crippen LogP contribution in [0.1, 0.15) is 26.3 Å². The second-order valence-electron chi connectivity index (χ2n) is 7.22. The van der Waals surface area contributed by atoms with E-state index < -0.39 is 38.2 Å². The van der Waals surface area contributed by atoms with Crippen molar-refractivity contribution in [1.29, 1.82) is 0 Å². The van der Waals surface area contributed by atoms with Crippen LogP contribution in [0.2, 0.25) is 0 Å². The van der Waals surface area contributed by atoms with Crippen LogP contribution in [0.5, 0.6) is 11.5 Å². The number of nitrogens with one attached hydrogen (secondary N) is 1. The number of rotatable bonds is 7. The molecule has 0 aliphatic carbocycles. The number of carboxylic acid groups (broad SMARTS) is 1. The molecule has 3 rings (SSSR count). The molecular weight excluding hydrogens is 503 g/mol. The predicted octanol–water partition coefficient (Wildman–Crippen LogP) is -0.427. The number of nitrogens with zero attached hydrogens (tertiary/aromatic N) is 2. The van der Waals surface area contributed by atoms with E-state index in [0.29, 0.717) is 22.5 Å². The standard InChI is InChI=1S/C22H20N4O8S.Na/c1-11-6-17(24-21(28)12-4-3-5-13(23)7-12)18(34-2)10-16(11)26-25-14-8-15(22(29)30)20(27)19(9-14)35(31,32)33;/h3-10,27H,23H2,1-2H3,(H,24,28)(H,29,30)(H,31,32,33);/q;+1/p-1. The quantitative estimate of drug-likeness (QED) is 0.137. The molecule has 0 saturated carbocycles. The molecule has 0 spiro atoms. The minimum Gasteiger partial charge on any atom is -0.545 e. The van der Waals surface area contributed by atoms with Crippen molar-refractivity contribution in [2.75, 3.05) is 18.2 Å². The molecule has 12 nitrogen and oxygen atoms in total. The van der Waals surface area contributed by atoms with Gasteiger partial charge in [0.2, 0.25) is 0 Å². The summed E-state index contributed by atoms with van der Waals surface area (Å²) < 4.78 is 37.6. The number of aryl methyl sites for hydroxylation is 1. The van der Waals surface area contributed by atoms with Crippen molar-refractivity contribution >= 4 is 44.7 Å². The summed E-state index contributed by atoms with van der Waals surface area (Å²) in [5.41, 5.74) is 6.35. The maximum atomic E-state index is 12.6. The van der Waals surface area contributed by atoms with Crippen molar-refractivity contribution in [3.8, 4) is 11.5 Å². The average Bonchev–Trinajstić information content (AvgIpc) is 2.78. The van der Waals surface area contributed by atoms with E-state index in [0.717, 1.165) is 12.1 Å². The van der Waals surface area contributed by atoms with Crippen LogP contribution in [0.4, 0.5) is 22.7 Å². The van der Waals surface area contributed by atoms with Crippen LogP contribution in [0.3, 0.4) is 0 Å². The summed E-state index contributed by atoms with van der Waals surface area (Å²) in [6.45, 7) is 1.65. The van der Waals surface area contributed by atoms with E-state index in [1.54, 1.807) is 31.2 Å². The topological polar surface area (TPSA) is 204 Å². The second kappa shape index (κ2) is 11.5. The van der Waals surface area contributed by atoms with Crippen LogP contribution in [-0.4, -0.2) is 37.1 Å². The Bertz CT molecular complexity index is 1480. The number of ether oxygens (including phenoxy) is 1. The van der Waals surface area contributed by atoms with Gasteiger partial charge in [0.15, 0.2) is 0 Å². The van der Waals surface area contributed by atoms with Crippen molar-refractivity contribution in [2.45, 2.75) is 11.8 Å². The Balaban J connectivity index is 0.00000456. The Morgan fingerprint density at radius 3 is 2.39 bits per heavy atom. The fraction of sp³-hybridized carbons (Fsp3) is 0.0909. The van der Waals surface area contributed by atoms with Gasteiger partial charge in [-0.2, -0.15) is 18.6 Å². The monoisotopic (exact) mass is 522 g/mol. The summed E-state index contributed by atoms with van der Waals surface area (Å²) in [5, 5.41) is 31.6. The number of amides is 1. The Morgan fingerprint density at radius 1 is 1.11 bits per heavy atom. The number of nitrogens with two attached hydrogens (primary N) is 1. The number of carbonyl (C=O) groups excluding carboxylic acids is 2. The molecule has 3 aromatic rings. The Hall–Kier alpha value is -3.49. The molecule has 3 aromatic carbocycles. The van der Waals surface area contributed by atoms with Crippen molar-refractivity contribution in [2.24, 2.45) is 10.2 Å². The number of phenols is 1. The van der Waals surface area contributed by atoms with Crippen molar-refractivity contribution in [3.05, 3.63) is 65.2 Å². The summed E-state index contributed by atoms with van der Waals surface area (Å²) in [6, 6.07) is 11.0. The molecule has 0 unspecified atom stereocenters. The van der Waals surface area contributed by atoms with E-state index in [-0.39, 0.29) is 46.7 Å². The molecule has 0 radical (unpaired) electrons. The first-order valence-electron chi connectivity index (χ1n) is 9.74. The number of azo groups is 1. The molecule has 0 heterocycles. The molecule has 36 heavy (non-hydrogen) atoms. The summed E-state index contributed by atoms with van der Waals surface area (Å²) in [5.74, 6) is -3.28. The van der Waals surface area contributed by atoms with Crippen LogP contribution in [-0.2, 0) is 10.1 Å². The SMILES string of the molecule is COc1cc(N=Nc2cc(C(=O)[O-])c(O)c(S(=O)(=O)O)c2)c(C)cc1NC(=O)c1cccc(N)c1.[Na+]. The molecule has 0 aliphatic heterocycles. The molecule has 0 atom stereocenters. The van der Waals surface area contributed by atoms with Gasteiger partial charge >= 0.3 is 29.6 Å². The number of hydrogen-bond donors (Lipinski definition) is 4. The summed E-state index contributed by atoms with van der Waals surface area (Å²) in [4.78, 5) is 22.7. The van der Waals surface area contributed by atoms with Crippen molar-refractivity contribution in [3.63, 3.8) is 0 Å². The van der Waals surface area contributed by atoms with Crippen molar-refractivity contribution in [1.82, 2.24) is 0 Å². The van der Waals surface area contributed by atoms with E-state index >= 15 is 0 Å². The van der Waals surface area contributed by atoms with E-state index in [1.807, 2.05) is 0 Å². The smallest absolute Gasteiger partial charge is 0.545 e. The number of nitrogen functional groups attached to an aromatic ring is 1. The summed E-state index contributed by atoms with van der Waals surface area (Å²) in [7, 11) is -3.60. The number of hydrogen-bond acceptors (Lipinski definition) is 10. The van der Waals surface area contributed by atoms with Gasteiger partial charge in [0, 0.05) is 22.9 Å². The van der Waals surface area contributed by atoms with Gasteiger partial charge in [-0.25, -0.2) is 0 Å². The molecule has 0 aromatic heterocycles. The van der Waals surface area contributed by atoms with Crippen LogP contribution in [0.15, 0.2) is 63.7 Å². The number of anilines is 2. The number of carbonyl (C=O) groups is 2. The summed E-state index contributed by atoms with van der Waals surface area (Å²) in [6.07, 6.45) is 0. The molecule has 1 amide bonds. The van der Waals surface area contributed by atoms with Crippen LogP contribution < -0.4 is 50.5 Å². The molecule has 5 N–H and O–H groups in total. The molecule has 0 aliphatic rings. The molecular formula is C22H19N4NaO8S. The van der Waals surface area contributed by atoms with Gasteiger partial charge < -0.3 is 30.8 Å². The Morgan fingerprint density at radius 2 is 1.81 bits per heavy atom. The Labute approximate surface area is 227 Å². The largest absolute Gasteiger partial charge is 1.00 e. The van der Waals surface area contributed by atoms with E-state index in [4.69, 9.17) is 10.5 Å². The molecule has 14 heteroatoms. The zero-order chi connectivity index (χ0) is 25.9. The second-order valence-corrected chi connectivity index (χ2v) is 8.61. The Kier molecular flexibility index (Phi) is 9.18. The van der Waals surface area contributed by atoms with Gasteiger partial charge in [-0.15, -0.1) is 0 Å². The third-order valence-corrected chi connectivity index (χ3v) is 5.61. The van der Waals surface area contributed by atoms with Gasteiger partial charge in [-0.3, -0.25) is 9.35 Å². The normalized spacial score (nSPS) is 11.1. The minimum absolute atomic E-state index is 0. The number of carboxylic acids is 1. The van der Waals surface area contributed by atoms with Gasteiger partial charge in [0.25, 0.3) is 16.0 Å². The number of aromatic hydroxyl groups is 1. The summed E-state index contributed by atoms with van der Waals surface area (Å²) >= 11 is 0. The van der Waals surface area contributed by atoms with E-state index in [9.17, 15) is 32.8 Å². The van der Waals surface area contributed by atoms with Gasteiger partial charge in [0.05, 0.1) is 30.1 Å². The first kappa shape index (κ1) is 28.7. The fourth-order valence-electron chi connectivity index (χ4n) is 3.04. The number of methoxy groups -OCH3 is 1. The maximum Gasteiger partial charge on any atom is 1.00 e. The molecule has 0 fully saturated rings. The minimum atomic E-state index is -4.97. The zero-order valence-corrected chi connectivity index (χ0v) is 22.2. The predicted molar refractivity (Wildman–Crippen MR) is 123 cm³/mol. The van der Waals surface area contributed by atoms with Crippen molar-refractivity contribution < 1.29 is 67.1 Å². The van der Waals surface area contributed by atoms with Crippen LogP contribution in [0, 0.1) is 6.92 Å². The van der Waals surface area contributed by atoms with Gasteiger partial charge in [-0.1, -0.05) is 6.07 Å².